The summed E-state index contributed by atoms with van der Waals surface area (Å²) in [5, 5.41) is 15.6. The van der Waals surface area contributed by atoms with Gasteiger partial charge in [-0.05, 0) is 49.6 Å². The maximum absolute atomic E-state index is 11.6. The molecular weight excluding hydrogens is 302 g/mol. The minimum Gasteiger partial charge on any atom is -0.859 e. The standard InChI is InChI=1S/C11H12N2O4S.2Na/c1-7-5-9(18(15,16)17)3-4-10(7)13-11(14)6-8(2)12-13;;/h3-6,14H,1-2H3,(H,15,16,17);;/q;2*+1/p-2. The van der Waals surface area contributed by atoms with Crippen LogP contribution >= 0.6 is 0 Å². The molecule has 6 nitrogen and oxygen atoms in total. The van der Waals surface area contributed by atoms with Crippen LogP contribution in [0.5, 0.6) is 5.88 Å². The molecule has 0 bridgehead atoms. The van der Waals surface area contributed by atoms with Gasteiger partial charge < -0.3 is 9.66 Å². The molecule has 0 aliphatic carbocycles. The minimum absolute atomic E-state index is 0. The van der Waals surface area contributed by atoms with E-state index in [1.807, 2.05) is 0 Å². The molecule has 96 valence electrons. The van der Waals surface area contributed by atoms with Gasteiger partial charge in [0.15, 0.2) is 0 Å². The first-order chi connectivity index (χ1) is 8.29. The van der Waals surface area contributed by atoms with E-state index in [1.165, 1.54) is 28.9 Å². The van der Waals surface area contributed by atoms with Crippen LogP contribution < -0.4 is 64.2 Å². The van der Waals surface area contributed by atoms with Crippen LogP contribution in [0, 0.1) is 13.8 Å². The molecular formula is C11H10N2Na2O4S. The number of hydrogen-bond donors (Lipinski definition) is 0. The van der Waals surface area contributed by atoms with Crippen LogP contribution in [0.25, 0.3) is 5.69 Å². The summed E-state index contributed by atoms with van der Waals surface area (Å²) in [5.41, 5.74) is 1.52. The average Bonchev–Trinajstić information content (AvgIpc) is 2.56. The molecule has 2 rings (SSSR count). The van der Waals surface area contributed by atoms with Gasteiger partial charge in [-0.3, -0.25) is 0 Å². The largest absolute Gasteiger partial charge is 1.00 e. The van der Waals surface area contributed by atoms with Crippen molar-refractivity contribution in [1.29, 1.82) is 0 Å². The van der Waals surface area contributed by atoms with E-state index >= 15 is 0 Å². The molecule has 0 spiro atoms. The Bertz CT molecular complexity index is 713. The molecule has 9 heteroatoms. The van der Waals surface area contributed by atoms with E-state index in [0.29, 0.717) is 16.9 Å². The van der Waals surface area contributed by atoms with E-state index in [-0.39, 0.29) is 69.9 Å². The Morgan fingerprint density at radius 3 is 2.15 bits per heavy atom. The second-order valence-corrected chi connectivity index (χ2v) is 5.32. The van der Waals surface area contributed by atoms with Crippen molar-refractivity contribution in [2.75, 3.05) is 0 Å². The van der Waals surface area contributed by atoms with Crippen LogP contribution in [0.4, 0.5) is 0 Å². The zero-order chi connectivity index (χ0) is 13.5. The molecule has 0 saturated carbocycles. The van der Waals surface area contributed by atoms with Gasteiger partial charge in [-0.2, -0.15) is 5.10 Å². The molecule has 0 radical (unpaired) electrons. The van der Waals surface area contributed by atoms with Crippen molar-refractivity contribution in [3.05, 3.63) is 35.5 Å². The summed E-state index contributed by atoms with van der Waals surface area (Å²) in [7, 11) is -4.49. The zero-order valence-corrected chi connectivity index (χ0v) is 16.6. The Labute approximate surface area is 161 Å². The van der Waals surface area contributed by atoms with Crippen molar-refractivity contribution in [2.24, 2.45) is 0 Å². The average molecular weight is 312 g/mol. The number of aryl methyl sites for hydroxylation is 2. The fraction of sp³-hybridized carbons (Fsp3) is 0.182. The number of benzene rings is 1. The molecule has 0 unspecified atom stereocenters. The Hall–Kier alpha value is 0.140. The van der Waals surface area contributed by atoms with Gasteiger partial charge in [0.05, 0.1) is 16.3 Å². The molecule has 1 aromatic carbocycles. The van der Waals surface area contributed by atoms with E-state index < -0.39 is 10.1 Å². The predicted octanol–water partition coefficient (Wildman–Crippen LogP) is -5.53. The first-order valence-electron chi connectivity index (χ1n) is 5.09. The number of rotatable bonds is 2. The Kier molecular flexibility index (Phi) is 7.47. The van der Waals surface area contributed by atoms with Crippen LogP contribution in [0.2, 0.25) is 0 Å². The third kappa shape index (κ3) is 4.32. The zero-order valence-electron chi connectivity index (χ0n) is 11.7. The summed E-state index contributed by atoms with van der Waals surface area (Å²) in [4.78, 5) is -0.319. The molecule has 1 aromatic heterocycles. The van der Waals surface area contributed by atoms with Crippen LogP contribution in [-0.2, 0) is 10.1 Å². The molecule has 1 heterocycles. The second-order valence-electron chi connectivity index (χ2n) is 3.94. The summed E-state index contributed by atoms with van der Waals surface area (Å²) >= 11 is 0. The fourth-order valence-corrected chi connectivity index (χ4v) is 2.23. The van der Waals surface area contributed by atoms with Crippen molar-refractivity contribution < 1.29 is 77.2 Å². The van der Waals surface area contributed by atoms with Gasteiger partial charge >= 0.3 is 59.1 Å². The second kappa shape index (κ2) is 7.42. The quantitative estimate of drug-likeness (QED) is 0.407. The van der Waals surface area contributed by atoms with E-state index in [1.54, 1.807) is 13.8 Å². The summed E-state index contributed by atoms with van der Waals surface area (Å²) in [6.07, 6.45) is 0. The van der Waals surface area contributed by atoms with Gasteiger partial charge in [-0.1, -0.05) is 0 Å². The monoisotopic (exact) mass is 312 g/mol. The fourth-order valence-electron chi connectivity index (χ4n) is 1.67. The smallest absolute Gasteiger partial charge is 0.859 e. The van der Waals surface area contributed by atoms with Crippen molar-refractivity contribution in [3.8, 4) is 11.6 Å². The molecule has 20 heavy (non-hydrogen) atoms. The molecule has 0 amide bonds. The van der Waals surface area contributed by atoms with Gasteiger partial charge in [0.1, 0.15) is 10.1 Å². The molecule has 0 fully saturated rings. The van der Waals surface area contributed by atoms with Gasteiger partial charge in [0, 0.05) is 0 Å². The van der Waals surface area contributed by atoms with E-state index in [2.05, 4.69) is 5.10 Å². The SMILES string of the molecule is Cc1cc([O-])n(-c2ccc(S(=O)(=O)[O-])cc2C)n1.[Na+].[Na+]. The maximum Gasteiger partial charge on any atom is 1.00 e. The van der Waals surface area contributed by atoms with Gasteiger partial charge in [-0.15, -0.1) is 0 Å². The van der Waals surface area contributed by atoms with Crippen molar-refractivity contribution in [1.82, 2.24) is 9.78 Å². The molecule has 0 saturated heterocycles. The number of nitrogens with zero attached hydrogens (tertiary/aromatic N) is 2. The summed E-state index contributed by atoms with van der Waals surface area (Å²) in [5.74, 6) is -0.298. The summed E-state index contributed by atoms with van der Waals surface area (Å²) in [6.45, 7) is 3.30. The Morgan fingerprint density at radius 1 is 1.15 bits per heavy atom. The van der Waals surface area contributed by atoms with Crippen LogP contribution in [-0.4, -0.2) is 22.8 Å². The third-order valence-corrected chi connectivity index (χ3v) is 3.32. The van der Waals surface area contributed by atoms with E-state index in [0.717, 1.165) is 0 Å². The Morgan fingerprint density at radius 2 is 1.75 bits per heavy atom. The van der Waals surface area contributed by atoms with E-state index in [4.69, 9.17) is 0 Å². The third-order valence-electron chi connectivity index (χ3n) is 2.48. The topological polar surface area (TPSA) is 98.1 Å². The minimum atomic E-state index is -4.49. The molecule has 2 aromatic rings. The van der Waals surface area contributed by atoms with Gasteiger partial charge in [-0.25, -0.2) is 13.1 Å². The van der Waals surface area contributed by atoms with Crippen molar-refractivity contribution >= 4 is 10.1 Å². The molecule has 0 atom stereocenters. The number of hydrogen-bond acceptors (Lipinski definition) is 5. The predicted molar refractivity (Wildman–Crippen MR) is 60.4 cm³/mol. The first-order valence-corrected chi connectivity index (χ1v) is 6.50. The first kappa shape index (κ1) is 20.1. The molecule has 0 N–H and O–H groups in total. The summed E-state index contributed by atoms with van der Waals surface area (Å²) in [6, 6.07) is 5.17. The van der Waals surface area contributed by atoms with Crippen molar-refractivity contribution in [2.45, 2.75) is 18.7 Å². The van der Waals surface area contributed by atoms with Crippen LogP contribution in [0.15, 0.2) is 29.2 Å². The molecule has 0 aliphatic rings. The van der Waals surface area contributed by atoms with Gasteiger partial charge in [0.2, 0.25) is 0 Å². The normalized spacial score (nSPS) is 10.6. The van der Waals surface area contributed by atoms with E-state index in [9.17, 15) is 18.1 Å². The number of aromatic nitrogens is 2. The molecule has 0 aliphatic heterocycles. The van der Waals surface area contributed by atoms with Gasteiger partial charge in [0.25, 0.3) is 0 Å². The van der Waals surface area contributed by atoms with Crippen LogP contribution in [0.1, 0.15) is 11.3 Å². The maximum atomic E-state index is 11.6. The Balaban J connectivity index is 0.00000180. The van der Waals surface area contributed by atoms with Crippen LogP contribution in [0.3, 0.4) is 0 Å². The van der Waals surface area contributed by atoms with Crippen molar-refractivity contribution in [3.63, 3.8) is 0 Å². The summed E-state index contributed by atoms with van der Waals surface area (Å²) < 4.78 is 33.8.